The molecule has 0 spiro atoms. The first-order valence-electron chi connectivity index (χ1n) is 6.40. The van der Waals surface area contributed by atoms with Crippen LogP contribution in [0.2, 0.25) is 10.0 Å². The quantitative estimate of drug-likeness (QED) is 0.657. The normalized spacial score (nSPS) is 10.5. The van der Waals surface area contributed by atoms with Crippen LogP contribution in [0.25, 0.3) is 0 Å². The molecule has 0 heterocycles. The van der Waals surface area contributed by atoms with Crippen LogP contribution < -0.4 is 5.73 Å². The first-order valence-corrected chi connectivity index (χ1v) is 7.15. The van der Waals surface area contributed by atoms with Crippen molar-refractivity contribution < 1.29 is 14.7 Å². The van der Waals surface area contributed by atoms with Crippen LogP contribution in [0.3, 0.4) is 0 Å². The standard InChI is InChI=1S/C16H13Cl2NO3/c1-8-4-9(6-14(20)21)15(19)12(5-8)16(22)11-3-2-10(17)7-13(11)18/h2-5,7H,6,19H2,1H3,(H,20,21). The Hall–Kier alpha value is -2.04. The molecule has 0 bridgehead atoms. The Morgan fingerprint density at radius 2 is 1.82 bits per heavy atom. The summed E-state index contributed by atoms with van der Waals surface area (Å²) in [6, 6.07) is 7.83. The second kappa shape index (κ2) is 6.38. The van der Waals surface area contributed by atoms with E-state index in [2.05, 4.69) is 0 Å². The lowest BCUT2D eigenvalue weighted by atomic mass is 9.95. The molecule has 0 unspecified atom stereocenters. The van der Waals surface area contributed by atoms with E-state index in [9.17, 15) is 9.59 Å². The highest BCUT2D eigenvalue weighted by atomic mass is 35.5. The van der Waals surface area contributed by atoms with Crippen LogP contribution in [0.5, 0.6) is 0 Å². The highest BCUT2D eigenvalue weighted by Gasteiger charge is 2.19. The molecule has 0 aromatic heterocycles. The van der Waals surface area contributed by atoms with Crippen molar-refractivity contribution in [1.82, 2.24) is 0 Å². The molecule has 2 aromatic carbocycles. The number of carboxylic acids is 1. The number of carbonyl (C=O) groups excluding carboxylic acids is 1. The molecular formula is C16H13Cl2NO3. The Kier molecular flexibility index (Phi) is 4.74. The maximum Gasteiger partial charge on any atom is 0.307 e. The van der Waals surface area contributed by atoms with Crippen molar-refractivity contribution >= 4 is 40.6 Å². The second-order valence-corrected chi connectivity index (χ2v) is 5.75. The third-order valence-corrected chi connectivity index (χ3v) is 3.72. The van der Waals surface area contributed by atoms with Gasteiger partial charge >= 0.3 is 5.97 Å². The highest BCUT2D eigenvalue weighted by molar-refractivity contribution is 6.37. The van der Waals surface area contributed by atoms with Gasteiger partial charge in [0.2, 0.25) is 0 Å². The zero-order chi connectivity index (χ0) is 16.4. The Labute approximate surface area is 137 Å². The van der Waals surface area contributed by atoms with Crippen LogP contribution in [0.1, 0.15) is 27.0 Å². The van der Waals surface area contributed by atoms with E-state index in [1.165, 1.54) is 12.1 Å². The first kappa shape index (κ1) is 16.3. The monoisotopic (exact) mass is 337 g/mol. The minimum absolute atomic E-state index is 0.156. The van der Waals surface area contributed by atoms with Gasteiger partial charge in [-0.05, 0) is 42.3 Å². The number of halogens is 2. The fourth-order valence-electron chi connectivity index (χ4n) is 2.19. The summed E-state index contributed by atoms with van der Waals surface area (Å²) in [6.45, 7) is 1.77. The molecule has 0 amide bonds. The van der Waals surface area contributed by atoms with E-state index in [-0.39, 0.29) is 34.0 Å². The molecule has 0 saturated carbocycles. The van der Waals surface area contributed by atoms with Gasteiger partial charge < -0.3 is 10.8 Å². The largest absolute Gasteiger partial charge is 0.481 e. The van der Waals surface area contributed by atoms with Crippen molar-refractivity contribution in [1.29, 1.82) is 0 Å². The Balaban J connectivity index is 2.54. The van der Waals surface area contributed by atoms with Gasteiger partial charge in [0, 0.05) is 21.8 Å². The van der Waals surface area contributed by atoms with Crippen LogP contribution in [-0.4, -0.2) is 16.9 Å². The fraction of sp³-hybridized carbons (Fsp3) is 0.125. The highest BCUT2D eigenvalue weighted by Crippen LogP contribution is 2.28. The molecule has 0 aliphatic carbocycles. The van der Waals surface area contributed by atoms with E-state index < -0.39 is 5.97 Å². The van der Waals surface area contributed by atoms with Crippen LogP contribution in [0.15, 0.2) is 30.3 Å². The van der Waals surface area contributed by atoms with Gasteiger partial charge in [-0.15, -0.1) is 0 Å². The molecule has 4 nitrogen and oxygen atoms in total. The van der Waals surface area contributed by atoms with Gasteiger partial charge in [0.25, 0.3) is 0 Å². The molecule has 0 fully saturated rings. The summed E-state index contributed by atoms with van der Waals surface area (Å²) in [6.07, 6.45) is -0.248. The lowest BCUT2D eigenvalue weighted by molar-refractivity contribution is -0.136. The third kappa shape index (κ3) is 3.40. The Morgan fingerprint density at radius 1 is 1.14 bits per heavy atom. The van der Waals surface area contributed by atoms with Crippen LogP contribution in [-0.2, 0) is 11.2 Å². The van der Waals surface area contributed by atoms with Crippen molar-refractivity contribution in [2.45, 2.75) is 13.3 Å². The summed E-state index contributed by atoms with van der Waals surface area (Å²) in [5, 5.41) is 9.57. The number of nitrogen functional groups attached to an aromatic ring is 1. The number of rotatable bonds is 4. The van der Waals surface area contributed by atoms with Crippen molar-refractivity contribution in [3.8, 4) is 0 Å². The number of ketones is 1. The van der Waals surface area contributed by atoms with E-state index in [0.29, 0.717) is 10.6 Å². The molecule has 6 heteroatoms. The molecule has 22 heavy (non-hydrogen) atoms. The van der Waals surface area contributed by atoms with Gasteiger partial charge in [0.1, 0.15) is 0 Å². The van der Waals surface area contributed by atoms with Crippen LogP contribution in [0, 0.1) is 6.92 Å². The summed E-state index contributed by atoms with van der Waals surface area (Å²) in [7, 11) is 0. The van der Waals surface area contributed by atoms with E-state index in [1.807, 2.05) is 0 Å². The Bertz CT molecular complexity index is 772. The predicted molar refractivity (Wildman–Crippen MR) is 86.8 cm³/mol. The van der Waals surface area contributed by atoms with E-state index in [1.54, 1.807) is 25.1 Å². The summed E-state index contributed by atoms with van der Waals surface area (Å²) in [4.78, 5) is 23.5. The topological polar surface area (TPSA) is 80.4 Å². The SMILES string of the molecule is Cc1cc(CC(=O)O)c(N)c(C(=O)c2ccc(Cl)cc2Cl)c1. The predicted octanol–water partition coefficient (Wildman–Crippen LogP) is 3.74. The molecule has 2 aromatic rings. The number of carboxylic acid groups (broad SMARTS) is 1. The van der Waals surface area contributed by atoms with E-state index >= 15 is 0 Å². The first-order chi connectivity index (χ1) is 10.3. The lowest BCUT2D eigenvalue weighted by Gasteiger charge is -2.12. The number of aryl methyl sites for hydroxylation is 1. The summed E-state index contributed by atoms with van der Waals surface area (Å²) >= 11 is 11.9. The lowest BCUT2D eigenvalue weighted by Crippen LogP contribution is -2.11. The number of hydrogen-bond donors (Lipinski definition) is 2. The van der Waals surface area contributed by atoms with Gasteiger partial charge in [-0.2, -0.15) is 0 Å². The van der Waals surface area contributed by atoms with Gasteiger partial charge in [-0.3, -0.25) is 9.59 Å². The van der Waals surface area contributed by atoms with Gasteiger partial charge in [0.05, 0.1) is 11.4 Å². The molecule has 2 rings (SSSR count). The third-order valence-electron chi connectivity index (χ3n) is 3.17. The summed E-state index contributed by atoms with van der Waals surface area (Å²) in [5.74, 6) is -1.38. The number of benzene rings is 2. The molecule has 3 N–H and O–H groups in total. The molecule has 0 atom stereocenters. The average Bonchev–Trinajstić information content (AvgIpc) is 2.41. The summed E-state index contributed by atoms with van der Waals surface area (Å²) in [5.41, 5.74) is 7.78. The number of carbonyl (C=O) groups is 2. The maximum atomic E-state index is 12.6. The van der Waals surface area contributed by atoms with E-state index in [4.69, 9.17) is 34.0 Å². The van der Waals surface area contributed by atoms with Crippen molar-refractivity contribution in [2.75, 3.05) is 5.73 Å². The van der Waals surface area contributed by atoms with Gasteiger partial charge in [-0.1, -0.05) is 29.3 Å². The summed E-state index contributed by atoms with van der Waals surface area (Å²) < 4.78 is 0. The van der Waals surface area contributed by atoms with Crippen LogP contribution >= 0.6 is 23.2 Å². The minimum atomic E-state index is -1.01. The molecule has 0 aliphatic heterocycles. The van der Waals surface area contributed by atoms with Crippen molar-refractivity contribution in [3.05, 3.63) is 62.6 Å². The maximum absolute atomic E-state index is 12.6. The van der Waals surface area contributed by atoms with E-state index in [0.717, 1.165) is 5.56 Å². The molecule has 0 radical (unpaired) electrons. The fourth-order valence-corrected chi connectivity index (χ4v) is 2.68. The molecule has 0 aliphatic rings. The molecule has 0 saturated heterocycles. The number of nitrogens with two attached hydrogens (primary N) is 1. The zero-order valence-corrected chi connectivity index (χ0v) is 13.2. The number of hydrogen-bond acceptors (Lipinski definition) is 3. The van der Waals surface area contributed by atoms with Crippen LogP contribution in [0.4, 0.5) is 5.69 Å². The average molecular weight is 338 g/mol. The number of anilines is 1. The van der Waals surface area contributed by atoms with Gasteiger partial charge in [0.15, 0.2) is 5.78 Å². The zero-order valence-electron chi connectivity index (χ0n) is 11.7. The Morgan fingerprint density at radius 3 is 2.41 bits per heavy atom. The van der Waals surface area contributed by atoms with Crippen molar-refractivity contribution in [3.63, 3.8) is 0 Å². The number of aliphatic carboxylic acids is 1. The van der Waals surface area contributed by atoms with Gasteiger partial charge in [-0.25, -0.2) is 0 Å². The van der Waals surface area contributed by atoms with Crippen molar-refractivity contribution in [2.24, 2.45) is 0 Å². The smallest absolute Gasteiger partial charge is 0.307 e. The second-order valence-electron chi connectivity index (χ2n) is 4.91. The minimum Gasteiger partial charge on any atom is -0.481 e. The molecular weight excluding hydrogens is 325 g/mol. The molecule has 114 valence electrons.